The minimum absolute atomic E-state index is 0. The second-order valence-electron chi connectivity index (χ2n) is 11.0. The highest BCUT2D eigenvalue weighted by Crippen LogP contribution is 2.45. The number of thiophene rings is 2. The lowest BCUT2D eigenvalue weighted by molar-refractivity contribution is -0.961. The summed E-state index contributed by atoms with van der Waals surface area (Å²) in [4.78, 5) is 26.3. The molecule has 0 saturated carbocycles. The van der Waals surface area contributed by atoms with Crippen LogP contribution in [0.25, 0.3) is 0 Å². The summed E-state index contributed by atoms with van der Waals surface area (Å²) in [7, 11) is 2.32. The maximum Gasteiger partial charge on any atom is 0.349 e. The van der Waals surface area contributed by atoms with Crippen LogP contribution in [0.5, 0.6) is 5.75 Å². The van der Waals surface area contributed by atoms with Crippen molar-refractivity contribution < 1.29 is 50.4 Å². The zero-order valence-corrected chi connectivity index (χ0v) is 26.7. The summed E-state index contributed by atoms with van der Waals surface area (Å²) in [6, 6.07) is 16.3. The molecule has 10 heteroatoms. The van der Waals surface area contributed by atoms with Crippen LogP contribution in [0.2, 0.25) is 0 Å². The molecule has 2 fully saturated rings. The number of rotatable bonds is 12. The van der Waals surface area contributed by atoms with E-state index < -0.39 is 11.6 Å². The van der Waals surface area contributed by atoms with Crippen molar-refractivity contribution in [1.29, 1.82) is 0 Å². The van der Waals surface area contributed by atoms with E-state index in [4.69, 9.17) is 14.2 Å². The average Bonchev–Trinajstić information content (AvgIpc) is 3.69. The lowest BCUT2D eigenvalue weighted by Gasteiger charge is -2.47. The summed E-state index contributed by atoms with van der Waals surface area (Å²) in [5.74, 6) is 0.0424. The number of ether oxygens (including phenoxy) is 3. The average molecular weight is 665 g/mol. The van der Waals surface area contributed by atoms with E-state index in [2.05, 4.69) is 19.2 Å². The van der Waals surface area contributed by atoms with Gasteiger partial charge in [-0.3, -0.25) is 4.79 Å². The Morgan fingerprint density at radius 1 is 1.02 bits per heavy atom. The van der Waals surface area contributed by atoms with Crippen LogP contribution in [0.1, 0.15) is 60.8 Å². The highest BCUT2D eigenvalue weighted by molar-refractivity contribution is 7.12. The van der Waals surface area contributed by atoms with Crippen molar-refractivity contribution in [2.75, 3.05) is 20.3 Å². The maximum atomic E-state index is 13.5. The van der Waals surface area contributed by atoms with Gasteiger partial charge in [-0.05, 0) is 48.4 Å². The van der Waals surface area contributed by atoms with Gasteiger partial charge in [-0.15, -0.1) is 22.7 Å². The van der Waals surface area contributed by atoms with Crippen molar-refractivity contribution in [1.82, 2.24) is 0 Å². The van der Waals surface area contributed by atoms with Crippen LogP contribution in [-0.2, 0) is 31.2 Å². The summed E-state index contributed by atoms with van der Waals surface area (Å²) in [5.41, 5.74) is -0.559. The fourth-order valence-corrected chi connectivity index (χ4v) is 8.06. The van der Waals surface area contributed by atoms with Gasteiger partial charge in [0.1, 0.15) is 18.4 Å². The molecule has 4 heterocycles. The number of carbonyl (C=O) groups is 2. The molecule has 41 heavy (non-hydrogen) atoms. The van der Waals surface area contributed by atoms with Gasteiger partial charge in [0.15, 0.2) is 0 Å². The third kappa shape index (κ3) is 6.88. The molecule has 2 bridgehead atoms. The zero-order chi connectivity index (χ0) is 28.2. The molecule has 2 aromatic heterocycles. The fraction of sp³-hybridized carbons (Fsp3) is 0.484. The van der Waals surface area contributed by atoms with E-state index in [1.54, 1.807) is 12.1 Å². The van der Waals surface area contributed by atoms with E-state index in [1.165, 1.54) is 28.2 Å². The lowest BCUT2D eigenvalue weighted by Crippen LogP contribution is -3.00. The van der Waals surface area contributed by atoms with Crippen LogP contribution in [-0.4, -0.2) is 60.0 Å². The third-order valence-corrected chi connectivity index (χ3v) is 10.4. The number of nitrogens with zero attached hydrogens (tertiary/aromatic N) is 1. The molecule has 4 atom stereocenters. The minimum atomic E-state index is -1.77. The molecule has 0 aliphatic carbocycles. The van der Waals surface area contributed by atoms with Gasteiger partial charge in [0.05, 0.1) is 42.1 Å². The summed E-state index contributed by atoms with van der Waals surface area (Å²) in [5, 5.41) is 15.4. The molecule has 2 aliphatic rings. The normalized spacial score (nSPS) is 23.4. The third-order valence-electron chi connectivity index (χ3n) is 8.42. The van der Waals surface area contributed by atoms with E-state index >= 15 is 0 Å². The Bertz CT molecular complexity index is 1230. The topological polar surface area (TPSA) is 82.1 Å². The Hall–Kier alpha value is -2.24. The first-order chi connectivity index (χ1) is 19.3. The summed E-state index contributed by atoms with van der Waals surface area (Å²) < 4.78 is 17.9. The molecule has 222 valence electrons. The Morgan fingerprint density at radius 3 is 2.27 bits per heavy atom. The molecule has 2 aliphatic heterocycles. The molecular weight excluding hydrogens is 626 g/mol. The van der Waals surface area contributed by atoms with Crippen LogP contribution < -0.4 is 21.7 Å². The number of hydrogen-bond donors (Lipinski definition) is 1. The van der Waals surface area contributed by atoms with Crippen LogP contribution >= 0.6 is 22.7 Å². The standard InChI is InChI=1S/C31H38NO6S2.BrH/c1-3-36-29(33)12-5-15-37-25-9-4-8-22(18-25)21-32(2)23-13-14-24(32)20-26(19-23)38-30(34)31(35,27-10-6-16-39-27)28-11-7-17-40-28;/h4,6-11,16-18,23-24,26,35H,3,5,12-15,19-21H2,1-2H3;1H/q+1;/p-1/t23-,24+,26-,32?;. The monoisotopic (exact) mass is 663 g/mol. The molecule has 1 N–H and O–H groups in total. The maximum absolute atomic E-state index is 13.5. The van der Waals surface area contributed by atoms with E-state index in [0.29, 0.717) is 47.9 Å². The molecule has 3 aromatic rings. The highest BCUT2D eigenvalue weighted by Gasteiger charge is 2.54. The van der Waals surface area contributed by atoms with E-state index in [-0.39, 0.29) is 29.1 Å². The van der Waals surface area contributed by atoms with Crippen LogP contribution in [0.3, 0.4) is 0 Å². The first-order valence-corrected chi connectivity index (χ1v) is 15.8. The number of fused-ring (bicyclic) bond motifs is 2. The van der Waals surface area contributed by atoms with E-state index in [9.17, 15) is 14.7 Å². The number of hydrogen-bond acceptors (Lipinski definition) is 8. The number of halogens is 1. The Morgan fingerprint density at radius 2 is 1.68 bits per heavy atom. The number of esters is 2. The number of carbonyl (C=O) groups excluding carboxylic acids is 2. The molecular formula is C31H38BrNO6S2. The van der Waals surface area contributed by atoms with Crippen LogP contribution in [0.4, 0.5) is 0 Å². The smallest absolute Gasteiger partial charge is 0.349 e. The number of aliphatic hydroxyl groups is 1. The zero-order valence-electron chi connectivity index (χ0n) is 23.5. The van der Waals surface area contributed by atoms with E-state index in [0.717, 1.165) is 42.5 Å². The van der Waals surface area contributed by atoms with Gasteiger partial charge in [-0.25, -0.2) is 4.79 Å². The van der Waals surface area contributed by atoms with Crippen molar-refractivity contribution in [2.24, 2.45) is 0 Å². The molecule has 1 unspecified atom stereocenters. The van der Waals surface area contributed by atoms with Crippen LogP contribution in [0, 0.1) is 0 Å². The fourth-order valence-electron chi connectivity index (χ4n) is 6.34. The lowest BCUT2D eigenvalue weighted by atomic mass is 9.94. The van der Waals surface area contributed by atoms with Crippen molar-refractivity contribution in [3.63, 3.8) is 0 Å². The largest absolute Gasteiger partial charge is 1.00 e. The first kappa shape index (κ1) is 31.7. The van der Waals surface area contributed by atoms with Gasteiger partial charge in [-0.2, -0.15) is 0 Å². The highest BCUT2D eigenvalue weighted by atomic mass is 79.9. The van der Waals surface area contributed by atoms with Crippen molar-refractivity contribution in [3.05, 3.63) is 74.6 Å². The van der Waals surface area contributed by atoms with E-state index in [1.807, 2.05) is 41.9 Å². The number of benzene rings is 1. The molecule has 5 rings (SSSR count). The molecule has 0 amide bonds. The molecule has 7 nitrogen and oxygen atoms in total. The number of quaternary nitrogens is 1. The van der Waals surface area contributed by atoms with Gasteiger partial charge in [0.2, 0.25) is 5.60 Å². The minimum Gasteiger partial charge on any atom is -1.00 e. The van der Waals surface area contributed by atoms with Gasteiger partial charge in [0.25, 0.3) is 0 Å². The summed E-state index contributed by atoms with van der Waals surface area (Å²) >= 11 is 2.73. The predicted octanol–water partition coefficient (Wildman–Crippen LogP) is 2.66. The molecule has 0 radical (unpaired) electrons. The van der Waals surface area contributed by atoms with Crippen molar-refractivity contribution >= 4 is 34.6 Å². The number of piperidine rings is 1. The molecule has 1 aromatic carbocycles. The van der Waals surface area contributed by atoms with Gasteiger partial charge in [-0.1, -0.05) is 24.3 Å². The Balaban J connectivity index is 0.00000387. The quantitative estimate of drug-likeness (QED) is 0.182. The summed E-state index contributed by atoms with van der Waals surface area (Å²) in [6.45, 7) is 3.55. The van der Waals surface area contributed by atoms with Crippen molar-refractivity contribution in [2.45, 2.75) is 75.8 Å². The molecule has 2 saturated heterocycles. The second-order valence-corrected chi connectivity index (χ2v) is 12.9. The Labute approximate surface area is 260 Å². The van der Waals surface area contributed by atoms with Gasteiger partial charge >= 0.3 is 11.9 Å². The summed E-state index contributed by atoms with van der Waals surface area (Å²) in [6.07, 6.45) is 4.53. The second kappa shape index (κ2) is 13.8. The predicted molar refractivity (Wildman–Crippen MR) is 155 cm³/mol. The molecule has 0 spiro atoms. The van der Waals surface area contributed by atoms with Crippen molar-refractivity contribution in [3.8, 4) is 5.75 Å². The first-order valence-electron chi connectivity index (χ1n) is 14.1. The van der Waals surface area contributed by atoms with Gasteiger partial charge < -0.3 is 40.8 Å². The van der Waals surface area contributed by atoms with Gasteiger partial charge in [0, 0.05) is 37.7 Å². The SMILES string of the molecule is CCOC(=O)CCCOc1cccc(C[N+]2(C)[C@@H]3CC[C@H]2C[C@H](OC(=O)C(O)(c2cccs2)c2cccs2)C3)c1.[Br-]. The Kier molecular flexibility index (Phi) is 10.7. The van der Waals surface area contributed by atoms with Crippen LogP contribution in [0.15, 0.2) is 59.3 Å².